The highest BCUT2D eigenvalue weighted by Crippen LogP contribution is 2.37. The molecule has 0 spiro atoms. The number of benzene rings is 3. The Morgan fingerprint density at radius 1 is 0.941 bits per heavy atom. The lowest BCUT2D eigenvalue weighted by atomic mass is 10.2. The van der Waals surface area contributed by atoms with Crippen LogP contribution in [0.3, 0.4) is 0 Å². The van der Waals surface area contributed by atoms with Crippen molar-refractivity contribution in [3.05, 3.63) is 87.4 Å². The van der Waals surface area contributed by atoms with Crippen LogP contribution < -0.4 is 15.4 Å². The first-order valence-electron chi connectivity index (χ1n) is 10.1. The second-order valence-corrected chi connectivity index (χ2v) is 9.22. The van der Waals surface area contributed by atoms with Gasteiger partial charge in [0.1, 0.15) is 16.2 Å². The third kappa shape index (κ3) is 4.21. The van der Waals surface area contributed by atoms with Gasteiger partial charge in [0, 0.05) is 32.2 Å². The van der Waals surface area contributed by atoms with Crippen LogP contribution in [0.25, 0.3) is 21.1 Å². The molecule has 0 fully saturated rings. The summed E-state index contributed by atoms with van der Waals surface area (Å²) in [6.07, 6.45) is 0. The number of ether oxygens (including phenoxy) is 1. The molecule has 0 aliphatic carbocycles. The Morgan fingerprint density at radius 3 is 2.56 bits per heavy atom. The van der Waals surface area contributed by atoms with Crippen molar-refractivity contribution in [3.63, 3.8) is 0 Å². The van der Waals surface area contributed by atoms with Gasteiger partial charge in [-0.05, 0) is 36.4 Å². The molecular formula is C25H16Cl2N2O4S. The van der Waals surface area contributed by atoms with Crippen molar-refractivity contribution in [3.8, 4) is 5.75 Å². The number of carbonyl (C=O) groups is 2. The summed E-state index contributed by atoms with van der Waals surface area (Å²) >= 11 is 13.7. The molecule has 0 aliphatic rings. The number of methoxy groups -OCH3 is 1. The Labute approximate surface area is 208 Å². The van der Waals surface area contributed by atoms with Crippen LogP contribution in [0, 0.1) is 0 Å². The van der Waals surface area contributed by atoms with Gasteiger partial charge in [-0.1, -0.05) is 47.5 Å². The zero-order chi connectivity index (χ0) is 23.8. The lowest BCUT2D eigenvalue weighted by Crippen LogP contribution is -2.13. The first-order chi connectivity index (χ1) is 16.4. The molecule has 3 aromatic carbocycles. The fourth-order valence-corrected chi connectivity index (χ4v) is 5.21. The molecule has 6 nitrogen and oxygen atoms in total. The average molecular weight is 511 g/mol. The highest BCUT2D eigenvalue weighted by atomic mass is 35.5. The van der Waals surface area contributed by atoms with Crippen LogP contribution >= 0.6 is 34.5 Å². The SMILES string of the molecule is COc1cc(NC(=O)c2sc3cc(Cl)ccc3c2Cl)ccc1NC(=O)c1cc2ccccc2o1. The van der Waals surface area contributed by atoms with E-state index in [0.717, 1.165) is 15.5 Å². The second-order valence-electron chi connectivity index (χ2n) is 7.36. The first-order valence-corrected chi connectivity index (χ1v) is 11.7. The number of nitrogens with one attached hydrogen (secondary N) is 2. The van der Waals surface area contributed by atoms with Crippen molar-refractivity contribution in [1.29, 1.82) is 0 Å². The van der Waals surface area contributed by atoms with Crippen LogP contribution in [0.15, 0.2) is 71.1 Å². The van der Waals surface area contributed by atoms with Crippen LogP contribution in [0.1, 0.15) is 20.2 Å². The fourth-order valence-electron chi connectivity index (χ4n) is 3.52. The molecule has 0 radical (unpaired) electrons. The molecule has 2 heterocycles. The molecule has 0 saturated carbocycles. The molecular weight excluding hydrogens is 495 g/mol. The number of furan rings is 1. The molecule has 2 N–H and O–H groups in total. The minimum atomic E-state index is -0.415. The summed E-state index contributed by atoms with van der Waals surface area (Å²) in [5.74, 6) is -0.220. The molecule has 170 valence electrons. The maximum Gasteiger partial charge on any atom is 0.291 e. The van der Waals surface area contributed by atoms with Gasteiger partial charge in [-0.3, -0.25) is 9.59 Å². The zero-order valence-corrected chi connectivity index (χ0v) is 20.0. The van der Waals surface area contributed by atoms with Gasteiger partial charge in [0.05, 0.1) is 17.8 Å². The number of anilines is 2. The Kier molecular flexibility index (Phi) is 5.91. The number of halogens is 2. The third-order valence-electron chi connectivity index (χ3n) is 5.15. The van der Waals surface area contributed by atoms with Gasteiger partial charge in [0.25, 0.3) is 11.8 Å². The molecule has 2 aromatic heterocycles. The van der Waals surface area contributed by atoms with Gasteiger partial charge in [-0.25, -0.2) is 0 Å². The van der Waals surface area contributed by atoms with Gasteiger partial charge in [-0.2, -0.15) is 0 Å². The van der Waals surface area contributed by atoms with Crippen molar-refractivity contribution >= 4 is 78.8 Å². The predicted molar refractivity (Wildman–Crippen MR) is 137 cm³/mol. The van der Waals surface area contributed by atoms with Crippen LogP contribution in [-0.2, 0) is 0 Å². The molecule has 5 aromatic rings. The van der Waals surface area contributed by atoms with E-state index < -0.39 is 5.91 Å². The van der Waals surface area contributed by atoms with Crippen LogP contribution in [0.4, 0.5) is 11.4 Å². The van der Waals surface area contributed by atoms with E-state index in [1.54, 1.807) is 48.5 Å². The molecule has 0 bridgehead atoms. The monoisotopic (exact) mass is 510 g/mol. The van der Waals surface area contributed by atoms with E-state index in [9.17, 15) is 9.59 Å². The lowest BCUT2D eigenvalue weighted by Gasteiger charge is -2.12. The van der Waals surface area contributed by atoms with E-state index in [-0.39, 0.29) is 11.7 Å². The van der Waals surface area contributed by atoms with Crippen LogP contribution in [0.5, 0.6) is 5.75 Å². The van der Waals surface area contributed by atoms with Gasteiger partial charge in [0.15, 0.2) is 5.76 Å². The fraction of sp³-hybridized carbons (Fsp3) is 0.0400. The number of hydrogen-bond donors (Lipinski definition) is 2. The second kappa shape index (κ2) is 9.02. The number of amides is 2. The van der Waals surface area contributed by atoms with Crippen molar-refractivity contribution in [2.75, 3.05) is 17.7 Å². The summed E-state index contributed by atoms with van der Waals surface area (Å²) < 4.78 is 11.9. The first kappa shape index (κ1) is 22.3. The quantitative estimate of drug-likeness (QED) is 0.257. The van der Waals surface area contributed by atoms with E-state index in [2.05, 4.69) is 10.6 Å². The minimum Gasteiger partial charge on any atom is -0.494 e. The largest absolute Gasteiger partial charge is 0.494 e. The molecule has 0 saturated heterocycles. The number of hydrogen-bond acceptors (Lipinski definition) is 5. The molecule has 0 unspecified atom stereocenters. The van der Waals surface area contributed by atoms with Crippen molar-refractivity contribution in [2.45, 2.75) is 0 Å². The summed E-state index contributed by atoms with van der Waals surface area (Å²) in [4.78, 5) is 25.9. The van der Waals surface area contributed by atoms with Crippen molar-refractivity contribution < 1.29 is 18.7 Å². The van der Waals surface area contributed by atoms with Crippen molar-refractivity contribution in [1.82, 2.24) is 0 Å². The molecule has 34 heavy (non-hydrogen) atoms. The van der Waals surface area contributed by atoms with Crippen LogP contribution in [-0.4, -0.2) is 18.9 Å². The lowest BCUT2D eigenvalue weighted by molar-refractivity contribution is 0.0996. The Morgan fingerprint density at radius 2 is 1.76 bits per heavy atom. The number of thiophene rings is 1. The Hall–Kier alpha value is -3.52. The average Bonchev–Trinajstić information content (AvgIpc) is 3.41. The van der Waals surface area contributed by atoms with E-state index in [1.165, 1.54) is 18.4 Å². The third-order valence-corrected chi connectivity index (χ3v) is 7.05. The highest BCUT2D eigenvalue weighted by Gasteiger charge is 2.19. The van der Waals surface area contributed by atoms with E-state index in [4.69, 9.17) is 32.4 Å². The van der Waals surface area contributed by atoms with Gasteiger partial charge >= 0.3 is 0 Å². The van der Waals surface area contributed by atoms with E-state index >= 15 is 0 Å². The summed E-state index contributed by atoms with van der Waals surface area (Å²) in [7, 11) is 1.48. The molecule has 9 heteroatoms. The van der Waals surface area contributed by atoms with E-state index in [1.807, 2.05) is 18.2 Å². The zero-order valence-electron chi connectivity index (χ0n) is 17.6. The number of rotatable bonds is 5. The van der Waals surface area contributed by atoms with Crippen LogP contribution in [0.2, 0.25) is 10.0 Å². The van der Waals surface area contributed by atoms with E-state index in [0.29, 0.717) is 37.6 Å². The van der Waals surface area contributed by atoms with Gasteiger partial charge in [0.2, 0.25) is 0 Å². The minimum absolute atomic E-state index is 0.181. The molecule has 5 rings (SSSR count). The molecule has 0 aliphatic heterocycles. The number of fused-ring (bicyclic) bond motifs is 2. The summed E-state index contributed by atoms with van der Waals surface area (Å²) in [6, 6.07) is 19.2. The van der Waals surface area contributed by atoms with Gasteiger partial charge in [-0.15, -0.1) is 11.3 Å². The normalized spacial score (nSPS) is 11.0. The molecule has 0 atom stereocenters. The summed E-state index contributed by atoms with van der Waals surface area (Å²) in [6.45, 7) is 0. The Balaban J connectivity index is 1.36. The Bertz CT molecular complexity index is 1540. The summed E-state index contributed by atoms with van der Waals surface area (Å²) in [5, 5.41) is 8.15. The summed E-state index contributed by atoms with van der Waals surface area (Å²) in [5.41, 5.74) is 1.54. The van der Waals surface area contributed by atoms with Gasteiger partial charge < -0.3 is 19.8 Å². The maximum absolute atomic E-state index is 12.9. The smallest absolute Gasteiger partial charge is 0.291 e. The number of para-hydroxylation sites is 1. The molecule has 2 amide bonds. The standard InChI is InChI=1S/C25H16Cl2N2O4S/c1-32-19-12-15(28-25(31)23-22(27)16-8-6-14(26)11-21(16)34-23)7-9-17(19)29-24(30)20-10-13-4-2-3-5-18(13)33-20/h2-12H,1H3,(H,28,31)(H,29,30). The van der Waals surface area contributed by atoms with Crippen molar-refractivity contribution in [2.24, 2.45) is 0 Å². The maximum atomic E-state index is 12.9. The highest BCUT2D eigenvalue weighted by molar-refractivity contribution is 7.21. The topological polar surface area (TPSA) is 80.6 Å². The number of carbonyl (C=O) groups excluding carboxylic acids is 2. The predicted octanol–water partition coefficient (Wildman–Crippen LogP) is 7.47.